The molecule has 0 unspecified atom stereocenters. The summed E-state index contributed by atoms with van der Waals surface area (Å²) >= 11 is 1.60. The fraction of sp³-hybridized carbons (Fsp3) is 0.304. The van der Waals surface area contributed by atoms with Crippen molar-refractivity contribution in [1.82, 2.24) is 30.2 Å². The van der Waals surface area contributed by atoms with Gasteiger partial charge in [0, 0.05) is 24.5 Å². The lowest BCUT2D eigenvalue weighted by atomic mass is 10.0. The highest BCUT2D eigenvalue weighted by Gasteiger charge is 2.25. The van der Waals surface area contributed by atoms with E-state index in [4.69, 9.17) is 0 Å². The molecule has 0 saturated carbocycles. The Morgan fingerprint density at radius 2 is 2.15 bits per heavy atom. The van der Waals surface area contributed by atoms with E-state index in [0.717, 1.165) is 50.4 Å². The predicted octanol–water partition coefficient (Wildman–Crippen LogP) is 3.88. The van der Waals surface area contributed by atoms with E-state index in [-0.39, 0.29) is 12.6 Å². The fourth-order valence-corrected chi connectivity index (χ4v) is 4.50. The van der Waals surface area contributed by atoms with Crippen molar-refractivity contribution in [3.8, 4) is 0 Å². The number of thiazole rings is 1. The Morgan fingerprint density at radius 3 is 2.94 bits per heavy atom. The third kappa shape index (κ3) is 4.39. The Balaban J connectivity index is 1.35. The van der Waals surface area contributed by atoms with Crippen LogP contribution in [0.2, 0.25) is 0 Å². The fourth-order valence-electron chi connectivity index (χ4n) is 3.79. The van der Waals surface area contributed by atoms with Crippen molar-refractivity contribution in [2.24, 2.45) is 0 Å². The number of carbonyl (C=O) groups excluding carboxylic acids is 1. The number of benzene rings is 1. The second-order valence-corrected chi connectivity index (χ2v) is 9.61. The van der Waals surface area contributed by atoms with Crippen LogP contribution in [0.25, 0.3) is 26.8 Å². The highest BCUT2D eigenvalue weighted by atomic mass is 32.1. The summed E-state index contributed by atoms with van der Waals surface area (Å²) in [6.45, 7) is 4.58. The van der Waals surface area contributed by atoms with E-state index in [1.807, 2.05) is 17.6 Å². The Bertz CT molecular complexity index is 1360. The average molecular weight is 464 g/mol. The van der Waals surface area contributed by atoms with E-state index in [0.29, 0.717) is 13.1 Å². The zero-order valence-corrected chi connectivity index (χ0v) is 19.2. The number of aliphatic hydroxyl groups excluding tert-OH is 1. The number of hydrogen-bond acceptors (Lipinski definition) is 7. The summed E-state index contributed by atoms with van der Waals surface area (Å²) in [6, 6.07) is 7.93. The van der Waals surface area contributed by atoms with Gasteiger partial charge in [0.15, 0.2) is 0 Å². The number of amides is 2. The van der Waals surface area contributed by atoms with Gasteiger partial charge in [0.1, 0.15) is 17.8 Å². The lowest BCUT2D eigenvalue weighted by Crippen LogP contribution is -2.52. The van der Waals surface area contributed by atoms with Crippen LogP contribution < -0.4 is 10.6 Å². The van der Waals surface area contributed by atoms with Crippen molar-refractivity contribution in [3.05, 3.63) is 47.9 Å². The molecular weight excluding hydrogens is 438 g/mol. The maximum atomic E-state index is 12.5. The molecule has 0 atom stereocenters. The summed E-state index contributed by atoms with van der Waals surface area (Å²) in [6.07, 6.45) is 4.32. The number of aliphatic hydroxyl groups is 1. The molecule has 4 heterocycles. The van der Waals surface area contributed by atoms with Crippen molar-refractivity contribution in [1.29, 1.82) is 0 Å². The number of H-pyrrole nitrogens is 1. The highest BCUT2D eigenvalue weighted by Crippen LogP contribution is 2.30. The molecule has 1 aromatic carbocycles. The molecule has 3 aromatic heterocycles. The summed E-state index contributed by atoms with van der Waals surface area (Å²) in [5, 5.41) is 16.6. The molecule has 0 aliphatic carbocycles. The number of hydrogen-bond donors (Lipinski definition) is 4. The standard InChI is InChI=1S/C23H25N7O2S/c1-23(2,11-31)29-22(32)30-7-5-14(6-8-30)18-10-16-20(24-12-25-21(16)28-18)27-15-3-4-17-19(9-15)33-13-26-17/h3-5,9-10,12-13,31H,6-8,11H2,1-2H3,(H,29,32)(H2,24,25,27,28). The van der Waals surface area contributed by atoms with Gasteiger partial charge in [0.2, 0.25) is 0 Å². The van der Waals surface area contributed by atoms with Gasteiger partial charge in [-0.3, -0.25) is 0 Å². The minimum atomic E-state index is -0.648. The molecule has 4 N–H and O–H groups in total. The van der Waals surface area contributed by atoms with Gasteiger partial charge >= 0.3 is 6.03 Å². The third-order valence-electron chi connectivity index (χ3n) is 5.70. The van der Waals surface area contributed by atoms with Crippen molar-refractivity contribution in [2.45, 2.75) is 25.8 Å². The Hall–Kier alpha value is -3.50. The number of aromatic nitrogens is 4. The topological polar surface area (TPSA) is 119 Å². The Morgan fingerprint density at radius 1 is 1.27 bits per heavy atom. The van der Waals surface area contributed by atoms with Crippen LogP contribution in [0, 0.1) is 0 Å². The SMILES string of the molecule is CC(C)(CO)NC(=O)N1CC=C(c2cc3c(Nc4ccc5ncsc5c4)ncnc3[nH]2)CC1. The normalized spacial score (nSPS) is 14.5. The molecule has 0 radical (unpaired) electrons. The molecule has 0 bridgehead atoms. The zero-order chi connectivity index (χ0) is 23.0. The summed E-state index contributed by atoms with van der Waals surface area (Å²) in [7, 11) is 0. The summed E-state index contributed by atoms with van der Waals surface area (Å²) in [5.41, 5.74) is 5.98. The minimum absolute atomic E-state index is 0.113. The monoisotopic (exact) mass is 463 g/mol. The molecule has 1 aliphatic rings. The van der Waals surface area contributed by atoms with Crippen LogP contribution in [0.15, 0.2) is 42.2 Å². The zero-order valence-electron chi connectivity index (χ0n) is 18.4. The van der Waals surface area contributed by atoms with Crippen LogP contribution in [0.4, 0.5) is 16.3 Å². The van der Waals surface area contributed by atoms with E-state index in [9.17, 15) is 9.90 Å². The Kier molecular flexibility index (Phi) is 5.47. The van der Waals surface area contributed by atoms with Gasteiger partial charge in [-0.05, 0) is 50.1 Å². The van der Waals surface area contributed by atoms with Crippen molar-refractivity contribution in [3.63, 3.8) is 0 Å². The number of rotatable bonds is 5. The lowest BCUT2D eigenvalue weighted by molar-refractivity contribution is 0.161. The number of carbonyl (C=O) groups is 1. The minimum Gasteiger partial charge on any atom is -0.394 e. The van der Waals surface area contributed by atoms with E-state index < -0.39 is 5.54 Å². The van der Waals surface area contributed by atoms with E-state index in [2.05, 4.69) is 48.8 Å². The van der Waals surface area contributed by atoms with Gasteiger partial charge in [-0.2, -0.15) is 0 Å². The van der Waals surface area contributed by atoms with Crippen molar-refractivity contribution in [2.75, 3.05) is 25.0 Å². The summed E-state index contributed by atoms with van der Waals surface area (Å²) in [4.78, 5) is 30.8. The van der Waals surface area contributed by atoms with Gasteiger partial charge < -0.3 is 25.6 Å². The molecule has 170 valence electrons. The second-order valence-electron chi connectivity index (χ2n) is 8.72. The van der Waals surface area contributed by atoms with Crippen LogP contribution in [0.5, 0.6) is 0 Å². The van der Waals surface area contributed by atoms with Gasteiger partial charge in [0.05, 0.1) is 33.3 Å². The first kappa shape index (κ1) is 21.4. The molecule has 0 fully saturated rings. The largest absolute Gasteiger partial charge is 0.394 e. The number of nitrogens with zero attached hydrogens (tertiary/aromatic N) is 4. The van der Waals surface area contributed by atoms with Gasteiger partial charge in [0.25, 0.3) is 0 Å². The highest BCUT2D eigenvalue weighted by molar-refractivity contribution is 7.16. The molecule has 2 amide bonds. The van der Waals surface area contributed by atoms with Crippen molar-refractivity contribution < 1.29 is 9.90 Å². The third-order valence-corrected chi connectivity index (χ3v) is 6.49. The lowest BCUT2D eigenvalue weighted by Gasteiger charge is -2.31. The first-order valence-electron chi connectivity index (χ1n) is 10.7. The van der Waals surface area contributed by atoms with E-state index in [1.54, 1.807) is 36.4 Å². The maximum absolute atomic E-state index is 12.5. The summed E-state index contributed by atoms with van der Waals surface area (Å²) < 4.78 is 1.11. The second kappa shape index (κ2) is 8.45. The smallest absolute Gasteiger partial charge is 0.318 e. The number of aromatic amines is 1. The number of urea groups is 1. The quantitative estimate of drug-likeness (QED) is 0.357. The first-order valence-corrected chi connectivity index (χ1v) is 11.6. The van der Waals surface area contributed by atoms with Crippen LogP contribution in [-0.4, -0.2) is 61.2 Å². The van der Waals surface area contributed by atoms with E-state index >= 15 is 0 Å². The van der Waals surface area contributed by atoms with Gasteiger partial charge in [-0.15, -0.1) is 11.3 Å². The first-order chi connectivity index (χ1) is 15.9. The number of nitrogens with one attached hydrogen (secondary N) is 3. The maximum Gasteiger partial charge on any atom is 0.318 e. The number of anilines is 2. The molecule has 10 heteroatoms. The molecule has 4 aromatic rings. The van der Waals surface area contributed by atoms with Crippen molar-refractivity contribution >= 4 is 55.7 Å². The Labute approximate surface area is 194 Å². The molecule has 0 saturated heterocycles. The molecule has 33 heavy (non-hydrogen) atoms. The van der Waals surface area contributed by atoms with Crippen LogP contribution in [0.1, 0.15) is 26.0 Å². The van der Waals surface area contributed by atoms with Gasteiger partial charge in [-0.25, -0.2) is 19.7 Å². The summed E-state index contributed by atoms with van der Waals surface area (Å²) in [5.74, 6) is 0.731. The predicted molar refractivity (Wildman–Crippen MR) is 131 cm³/mol. The van der Waals surface area contributed by atoms with E-state index in [1.165, 1.54) is 0 Å². The van der Waals surface area contributed by atoms with Crippen LogP contribution >= 0.6 is 11.3 Å². The molecule has 0 spiro atoms. The molecule has 1 aliphatic heterocycles. The molecule has 5 rings (SSSR count). The molecule has 9 nitrogen and oxygen atoms in total. The van der Waals surface area contributed by atoms with Crippen LogP contribution in [0.3, 0.4) is 0 Å². The number of fused-ring (bicyclic) bond motifs is 2. The average Bonchev–Trinajstić information content (AvgIpc) is 3.46. The van der Waals surface area contributed by atoms with Crippen LogP contribution in [-0.2, 0) is 0 Å². The van der Waals surface area contributed by atoms with Gasteiger partial charge in [-0.1, -0.05) is 6.08 Å². The molecular formula is C23H25N7O2S.